The Bertz CT molecular complexity index is 1430. The highest BCUT2D eigenvalue weighted by Crippen LogP contribution is 2.46. The lowest BCUT2D eigenvalue weighted by Crippen LogP contribution is -2.44. The monoisotopic (exact) mass is 557 g/mol. The summed E-state index contributed by atoms with van der Waals surface area (Å²) in [5.41, 5.74) is 12.0. The van der Waals surface area contributed by atoms with E-state index in [1.807, 2.05) is 12.1 Å². The molecule has 3 N–H and O–H groups in total. The van der Waals surface area contributed by atoms with Gasteiger partial charge in [-0.2, -0.15) is 0 Å². The Morgan fingerprint density at radius 1 is 1.00 bits per heavy atom. The molecule has 196 valence electrons. The molecule has 5 rings (SSSR count). The van der Waals surface area contributed by atoms with Crippen molar-refractivity contribution >= 4 is 69.6 Å². The average Bonchev–Trinajstić information content (AvgIpc) is 2.87. The molecule has 4 aromatic rings. The van der Waals surface area contributed by atoms with E-state index in [0.717, 1.165) is 94.6 Å². The van der Waals surface area contributed by atoms with Gasteiger partial charge in [0.2, 0.25) is 0 Å². The van der Waals surface area contributed by atoms with Crippen LogP contribution in [0.15, 0.2) is 54.6 Å². The van der Waals surface area contributed by atoms with Gasteiger partial charge in [0.15, 0.2) is 0 Å². The van der Waals surface area contributed by atoms with Crippen molar-refractivity contribution in [2.75, 3.05) is 31.1 Å². The molecule has 0 saturated carbocycles. The normalized spacial score (nSPS) is 13.3. The molecule has 0 unspecified atom stereocenters. The third-order valence-corrected chi connectivity index (χ3v) is 7.66. The van der Waals surface area contributed by atoms with E-state index < -0.39 is 0 Å². The molecule has 0 aliphatic carbocycles. The molecule has 1 saturated heterocycles. The number of rotatable bonds is 6. The fourth-order valence-corrected chi connectivity index (χ4v) is 5.64. The number of unbranched alkanes of at least 4 members (excludes halogenated alkanes) is 1. The fourth-order valence-electron chi connectivity index (χ4n) is 5.46. The zero-order chi connectivity index (χ0) is 24.5. The van der Waals surface area contributed by atoms with Gasteiger partial charge in [0.05, 0.1) is 11.3 Å². The molecule has 0 bridgehead atoms. The molecule has 0 aromatic heterocycles. The van der Waals surface area contributed by atoms with Gasteiger partial charge in [-0.1, -0.05) is 61.3 Å². The summed E-state index contributed by atoms with van der Waals surface area (Å²) in [7, 11) is 0. The van der Waals surface area contributed by atoms with Gasteiger partial charge in [0.1, 0.15) is 0 Å². The standard InChI is InChI=1S/C30H32ClN3O.2ClH/c1-3-4-10-23-24-17-20-8-5-6-9-21(20)18-25(24)27(22-11-7-12-26(31)19(22)2)29(28(23)30(32)35)34-15-13-33-14-16-34;;/h5-9,11-12,17-18,33H,3-4,10,13-16H2,1-2H3,(H2,32,35);2*1H. The van der Waals surface area contributed by atoms with Crippen LogP contribution >= 0.6 is 36.4 Å². The van der Waals surface area contributed by atoms with Gasteiger partial charge in [0.25, 0.3) is 5.91 Å². The number of anilines is 1. The Hall–Kier alpha value is -2.50. The zero-order valence-corrected chi connectivity index (χ0v) is 23.7. The molecule has 1 fully saturated rings. The van der Waals surface area contributed by atoms with Gasteiger partial charge in [-0.15, -0.1) is 24.8 Å². The summed E-state index contributed by atoms with van der Waals surface area (Å²) in [4.78, 5) is 15.6. The number of hydrogen-bond donors (Lipinski definition) is 2. The van der Waals surface area contributed by atoms with Crippen LogP contribution in [0.1, 0.15) is 41.3 Å². The third-order valence-electron chi connectivity index (χ3n) is 7.25. The Labute approximate surface area is 236 Å². The Kier molecular flexibility index (Phi) is 9.71. The zero-order valence-electron chi connectivity index (χ0n) is 21.3. The number of aryl methyl sites for hydroxylation is 1. The maximum absolute atomic E-state index is 13.2. The molecule has 1 heterocycles. The molecule has 4 nitrogen and oxygen atoms in total. The topological polar surface area (TPSA) is 58.4 Å². The summed E-state index contributed by atoms with van der Waals surface area (Å²) in [5, 5.41) is 8.77. The maximum atomic E-state index is 13.2. The molecule has 0 spiro atoms. The minimum Gasteiger partial charge on any atom is -0.368 e. The van der Waals surface area contributed by atoms with Crippen molar-refractivity contribution in [3.05, 3.63) is 76.3 Å². The quantitative estimate of drug-likeness (QED) is 0.244. The van der Waals surface area contributed by atoms with Crippen molar-refractivity contribution in [2.24, 2.45) is 5.73 Å². The number of piperazine rings is 1. The van der Waals surface area contributed by atoms with Crippen LogP contribution in [0.4, 0.5) is 5.69 Å². The first-order valence-corrected chi connectivity index (χ1v) is 12.9. The molecule has 7 heteroatoms. The maximum Gasteiger partial charge on any atom is 0.251 e. The molecule has 1 aliphatic heterocycles. The summed E-state index contributed by atoms with van der Waals surface area (Å²) in [6.45, 7) is 7.61. The van der Waals surface area contributed by atoms with Crippen LogP contribution in [-0.4, -0.2) is 32.1 Å². The van der Waals surface area contributed by atoms with Crippen molar-refractivity contribution in [2.45, 2.75) is 33.1 Å². The molecular weight excluding hydrogens is 525 g/mol. The number of nitrogens with two attached hydrogens (primary N) is 1. The second-order valence-corrected chi connectivity index (χ2v) is 9.85. The number of fused-ring (bicyclic) bond motifs is 2. The van der Waals surface area contributed by atoms with Crippen LogP contribution < -0.4 is 16.0 Å². The molecule has 4 aromatic carbocycles. The highest BCUT2D eigenvalue weighted by molar-refractivity contribution is 6.32. The largest absolute Gasteiger partial charge is 0.368 e. The number of hydrogen-bond acceptors (Lipinski definition) is 3. The van der Waals surface area contributed by atoms with E-state index in [0.29, 0.717) is 5.56 Å². The van der Waals surface area contributed by atoms with Crippen LogP contribution in [0.2, 0.25) is 5.02 Å². The fraction of sp³-hybridized carbons (Fsp3) is 0.300. The molecule has 37 heavy (non-hydrogen) atoms. The van der Waals surface area contributed by atoms with Gasteiger partial charge >= 0.3 is 0 Å². The first-order chi connectivity index (χ1) is 17.0. The van der Waals surface area contributed by atoms with Crippen molar-refractivity contribution in [3.63, 3.8) is 0 Å². The lowest BCUT2D eigenvalue weighted by atomic mass is 9.84. The number of nitrogens with zero attached hydrogens (tertiary/aromatic N) is 1. The molecule has 0 atom stereocenters. The predicted molar refractivity (Wildman–Crippen MR) is 163 cm³/mol. The number of amides is 1. The first kappa shape index (κ1) is 29.1. The highest BCUT2D eigenvalue weighted by atomic mass is 35.5. The van der Waals surface area contributed by atoms with E-state index in [9.17, 15) is 4.79 Å². The van der Waals surface area contributed by atoms with Gasteiger partial charge in [-0.3, -0.25) is 4.79 Å². The smallest absolute Gasteiger partial charge is 0.251 e. The van der Waals surface area contributed by atoms with E-state index in [1.165, 1.54) is 5.39 Å². The Balaban J connectivity index is 0.00000190. The number of primary amides is 1. The molecule has 1 aliphatic rings. The number of nitrogens with one attached hydrogen (secondary N) is 1. The van der Waals surface area contributed by atoms with Gasteiger partial charge < -0.3 is 16.0 Å². The summed E-state index contributed by atoms with van der Waals surface area (Å²) in [6, 6.07) is 19.0. The van der Waals surface area contributed by atoms with E-state index in [-0.39, 0.29) is 30.7 Å². The predicted octanol–water partition coefficient (Wildman–Crippen LogP) is 7.32. The number of carbonyl (C=O) groups is 1. The first-order valence-electron chi connectivity index (χ1n) is 12.5. The molecule has 1 amide bonds. The van der Waals surface area contributed by atoms with Crippen LogP contribution in [-0.2, 0) is 6.42 Å². The molecule has 0 radical (unpaired) electrons. The van der Waals surface area contributed by atoms with Crippen molar-refractivity contribution in [3.8, 4) is 11.1 Å². The van der Waals surface area contributed by atoms with E-state index in [1.54, 1.807) is 0 Å². The van der Waals surface area contributed by atoms with E-state index >= 15 is 0 Å². The lowest BCUT2D eigenvalue weighted by molar-refractivity contribution is 0.1000. The van der Waals surface area contributed by atoms with Crippen molar-refractivity contribution < 1.29 is 4.79 Å². The number of benzene rings is 4. The second kappa shape index (κ2) is 12.4. The summed E-state index contributed by atoms with van der Waals surface area (Å²) in [5.74, 6) is -0.361. The molecular formula is C30H34Cl3N3O. The average molecular weight is 559 g/mol. The Morgan fingerprint density at radius 2 is 1.65 bits per heavy atom. The van der Waals surface area contributed by atoms with Crippen LogP contribution in [0.3, 0.4) is 0 Å². The van der Waals surface area contributed by atoms with Crippen LogP contribution in [0.5, 0.6) is 0 Å². The highest BCUT2D eigenvalue weighted by Gasteiger charge is 2.28. The SMILES string of the molecule is CCCCc1c(C(N)=O)c(N2CCNCC2)c(-c2cccc(Cl)c2C)c2cc3ccccc3cc12.Cl.Cl. The summed E-state index contributed by atoms with van der Waals surface area (Å²) < 4.78 is 0. The van der Waals surface area contributed by atoms with Crippen LogP contribution in [0.25, 0.3) is 32.7 Å². The lowest BCUT2D eigenvalue weighted by Gasteiger charge is -2.35. The van der Waals surface area contributed by atoms with Crippen molar-refractivity contribution in [1.82, 2.24) is 5.32 Å². The summed E-state index contributed by atoms with van der Waals surface area (Å²) >= 11 is 6.63. The van der Waals surface area contributed by atoms with Crippen molar-refractivity contribution in [1.29, 1.82) is 0 Å². The number of carbonyl (C=O) groups excluding carboxylic acids is 1. The van der Waals surface area contributed by atoms with Gasteiger partial charge in [-0.05, 0) is 76.2 Å². The van der Waals surface area contributed by atoms with E-state index in [4.69, 9.17) is 17.3 Å². The second-order valence-electron chi connectivity index (χ2n) is 9.44. The Morgan fingerprint density at radius 3 is 2.27 bits per heavy atom. The van der Waals surface area contributed by atoms with E-state index in [2.05, 4.69) is 66.5 Å². The summed E-state index contributed by atoms with van der Waals surface area (Å²) in [6.07, 6.45) is 2.86. The minimum absolute atomic E-state index is 0. The van der Waals surface area contributed by atoms with Crippen LogP contribution in [0, 0.1) is 6.92 Å². The minimum atomic E-state index is -0.361. The number of halogens is 3. The third kappa shape index (κ3) is 5.39. The van der Waals surface area contributed by atoms with Gasteiger partial charge in [-0.25, -0.2) is 0 Å². The van der Waals surface area contributed by atoms with Gasteiger partial charge in [0, 0.05) is 36.8 Å².